The Kier molecular flexibility index (Phi) is 4.83. The molecule has 24 heavy (non-hydrogen) atoms. The lowest BCUT2D eigenvalue weighted by atomic mass is 10.1. The SMILES string of the molecule is CCCCc1nn(-c2cc([N+](=O)[O-])ccc2C)c2c1CCCCN2. The quantitative estimate of drug-likeness (QED) is 0.660. The molecular weight excluding hydrogens is 304 g/mol. The van der Waals surface area contributed by atoms with Gasteiger partial charge in [0.15, 0.2) is 0 Å². The molecule has 2 heterocycles. The first-order valence-corrected chi connectivity index (χ1v) is 8.72. The van der Waals surface area contributed by atoms with Crippen molar-refractivity contribution in [1.29, 1.82) is 0 Å². The van der Waals surface area contributed by atoms with E-state index in [0.29, 0.717) is 0 Å². The van der Waals surface area contributed by atoms with Gasteiger partial charge in [-0.2, -0.15) is 5.10 Å². The van der Waals surface area contributed by atoms with Gasteiger partial charge < -0.3 is 5.32 Å². The zero-order valence-corrected chi connectivity index (χ0v) is 14.3. The fourth-order valence-corrected chi connectivity index (χ4v) is 3.23. The molecule has 2 aromatic rings. The van der Waals surface area contributed by atoms with Crippen LogP contribution < -0.4 is 5.32 Å². The summed E-state index contributed by atoms with van der Waals surface area (Å²) in [6, 6.07) is 4.97. The molecule has 1 N–H and O–H groups in total. The second-order valence-corrected chi connectivity index (χ2v) is 6.40. The van der Waals surface area contributed by atoms with Gasteiger partial charge in [-0.05, 0) is 44.6 Å². The van der Waals surface area contributed by atoms with E-state index in [2.05, 4.69) is 12.2 Å². The fraction of sp³-hybridized carbons (Fsp3) is 0.500. The summed E-state index contributed by atoms with van der Waals surface area (Å²) in [7, 11) is 0. The van der Waals surface area contributed by atoms with Gasteiger partial charge >= 0.3 is 0 Å². The Labute approximate surface area is 142 Å². The smallest absolute Gasteiger partial charge is 0.271 e. The molecule has 0 unspecified atom stereocenters. The minimum Gasteiger partial charge on any atom is -0.370 e. The van der Waals surface area contributed by atoms with Crippen LogP contribution >= 0.6 is 0 Å². The summed E-state index contributed by atoms with van der Waals surface area (Å²) in [6.07, 6.45) is 6.51. The highest BCUT2D eigenvalue weighted by Crippen LogP contribution is 2.31. The van der Waals surface area contributed by atoms with Gasteiger partial charge in [0, 0.05) is 24.2 Å². The van der Waals surface area contributed by atoms with E-state index in [1.165, 1.54) is 5.56 Å². The van der Waals surface area contributed by atoms with E-state index in [1.807, 2.05) is 11.6 Å². The second kappa shape index (κ2) is 7.03. The van der Waals surface area contributed by atoms with Gasteiger partial charge in [0.05, 0.1) is 16.3 Å². The highest BCUT2D eigenvalue weighted by atomic mass is 16.6. The molecule has 6 heteroatoms. The van der Waals surface area contributed by atoms with Crippen molar-refractivity contribution < 1.29 is 4.92 Å². The number of anilines is 1. The van der Waals surface area contributed by atoms with E-state index in [1.54, 1.807) is 18.2 Å². The summed E-state index contributed by atoms with van der Waals surface area (Å²) in [5, 5.41) is 19.5. The number of non-ortho nitro benzene ring substituents is 1. The van der Waals surface area contributed by atoms with Crippen molar-refractivity contribution in [3.63, 3.8) is 0 Å². The molecule has 1 aliphatic heterocycles. The Morgan fingerprint density at radius 3 is 2.96 bits per heavy atom. The molecule has 0 spiro atoms. The summed E-state index contributed by atoms with van der Waals surface area (Å²) in [4.78, 5) is 10.8. The average molecular weight is 328 g/mol. The van der Waals surface area contributed by atoms with Crippen LogP contribution in [0.2, 0.25) is 0 Å². The molecule has 0 radical (unpaired) electrons. The zero-order chi connectivity index (χ0) is 17.1. The topological polar surface area (TPSA) is 73.0 Å². The minimum atomic E-state index is -0.351. The molecule has 6 nitrogen and oxygen atoms in total. The lowest BCUT2D eigenvalue weighted by molar-refractivity contribution is -0.384. The number of fused-ring (bicyclic) bond motifs is 1. The summed E-state index contributed by atoms with van der Waals surface area (Å²) < 4.78 is 1.88. The van der Waals surface area contributed by atoms with E-state index in [4.69, 9.17) is 5.10 Å². The lowest BCUT2D eigenvalue weighted by Crippen LogP contribution is -2.08. The number of aromatic nitrogens is 2. The van der Waals surface area contributed by atoms with Crippen LogP contribution in [0, 0.1) is 17.0 Å². The highest BCUT2D eigenvalue weighted by molar-refractivity contribution is 5.58. The van der Waals surface area contributed by atoms with Crippen LogP contribution in [-0.4, -0.2) is 21.2 Å². The fourth-order valence-electron chi connectivity index (χ4n) is 3.23. The Bertz CT molecular complexity index is 752. The first-order chi connectivity index (χ1) is 11.6. The third kappa shape index (κ3) is 3.13. The van der Waals surface area contributed by atoms with E-state index in [9.17, 15) is 10.1 Å². The van der Waals surface area contributed by atoms with Crippen LogP contribution in [0.4, 0.5) is 11.5 Å². The van der Waals surface area contributed by atoms with Crippen molar-refractivity contribution in [2.24, 2.45) is 0 Å². The maximum atomic E-state index is 11.1. The number of nitrogens with one attached hydrogen (secondary N) is 1. The van der Waals surface area contributed by atoms with Gasteiger partial charge in [0.1, 0.15) is 5.82 Å². The number of hydrogen-bond acceptors (Lipinski definition) is 4. The number of benzene rings is 1. The Hall–Kier alpha value is -2.37. The molecule has 0 atom stereocenters. The molecule has 0 bridgehead atoms. The molecule has 1 aromatic carbocycles. The zero-order valence-electron chi connectivity index (χ0n) is 14.3. The van der Waals surface area contributed by atoms with Crippen LogP contribution in [0.5, 0.6) is 0 Å². The van der Waals surface area contributed by atoms with E-state index in [0.717, 1.165) is 67.8 Å². The number of aryl methyl sites for hydroxylation is 2. The number of nitro groups is 1. The molecular formula is C18H24N4O2. The van der Waals surface area contributed by atoms with Gasteiger partial charge in [-0.25, -0.2) is 4.68 Å². The molecule has 0 aliphatic carbocycles. The van der Waals surface area contributed by atoms with Gasteiger partial charge in [0.2, 0.25) is 0 Å². The van der Waals surface area contributed by atoms with Gasteiger partial charge in [-0.1, -0.05) is 19.4 Å². The Balaban J connectivity index is 2.12. The van der Waals surface area contributed by atoms with Crippen LogP contribution in [0.25, 0.3) is 5.69 Å². The summed E-state index contributed by atoms with van der Waals surface area (Å²) in [5.74, 6) is 1.02. The number of nitro benzene ring substituents is 1. The van der Waals surface area contributed by atoms with Gasteiger partial charge in [-0.15, -0.1) is 0 Å². The highest BCUT2D eigenvalue weighted by Gasteiger charge is 2.22. The van der Waals surface area contributed by atoms with Crippen LogP contribution in [-0.2, 0) is 12.8 Å². The van der Waals surface area contributed by atoms with Crippen molar-refractivity contribution in [1.82, 2.24) is 9.78 Å². The molecule has 3 rings (SSSR count). The molecule has 1 aromatic heterocycles. The third-order valence-corrected chi connectivity index (χ3v) is 4.61. The van der Waals surface area contributed by atoms with Gasteiger partial charge in [0.25, 0.3) is 5.69 Å². The van der Waals surface area contributed by atoms with E-state index in [-0.39, 0.29) is 10.6 Å². The van der Waals surface area contributed by atoms with Crippen molar-refractivity contribution >= 4 is 11.5 Å². The number of hydrogen-bond donors (Lipinski definition) is 1. The molecule has 1 aliphatic rings. The normalized spacial score (nSPS) is 13.9. The van der Waals surface area contributed by atoms with E-state index >= 15 is 0 Å². The van der Waals surface area contributed by atoms with E-state index < -0.39 is 0 Å². The number of rotatable bonds is 5. The first kappa shape index (κ1) is 16.5. The van der Waals surface area contributed by atoms with Crippen molar-refractivity contribution in [3.8, 4) is 5.69 Å². The first-order valence-electron chi connectivity index (χ1n) is 8.72. The Morgan fingerprint density at radius 2 is 2.21 bits per heavy atom. The van der Waals surface area contributed by atoms with Crippen LogP contribution in [0.3, 0.4) is 0 Å². The monoisotopic (exact) mass is 328 g/mol. The van der Waals surface area contributed by atoms with Gasteiger partial charge in [-0.3, -0.25) is 10.1 Å². The van der Waals surface area contributed by atoms with Crippen molar-refractivity contribution in [3.05, 3.63) is 45.1 Å². The maximum absolute atomic E-state index is 11.1. The predicted molar refractivity (Wildman–Crippen MR) is 95.0 cm³/mol. The van der Waals surface area contributed by atoms with Crippen molar-refractivity contribution in [2.75, 3.05) is 11.9 Å². The molecule has 128 valence electrons. The summed E-state index contributed by atoms with van der Waals surface area (Å²) >= 11 is 0. The lowest BCUT2D eigenvalue weighted by Gasteiger charge is -2.11. The second-order valence-electron chi connectivity index (χ2n) is 6.40. The molecule has 0 saturated carbocycles. The standard InChI is InChI=1S/C18H24N4O2/c1-3-4-8-16-15-7-5-6-11-19-18(15)21(20-16)17-12-14(22(23)24)10-9-13(17)2/h9-10,12,19H,3-8,11H2,1-2H3. The third-order valence-electron chi connectivity index (χ3n) is 4.61. The number of nitrogens with zero attached hydrogens (tertiary/aromatic N) is 3. The van der Waals surface area contributed by atoms with Crippen LogP contribution in [0.15, 0.2) is 18.2 Å². The van der Waals surface area contributed by atoms with Crippen molar-refractivity contribution in [2.45, 2.75) is 52.4 Å². The molecule has 0 saturated heterocycles. The summed E-state index contributed by atoms with van der Waals surface area (Å²) in [6.45, 7) is 5.06. The predicted octanol–water partition coefficient (Wildman–Crippen LogP) is 4.18. The minimum absolute atomic E-state index is 0.101. The summed E-state index contributed by atoms with van der Waals surface area (Å²) in [5.41, 5.74) is 4.29. The van der Waals surface area contributed by atoms with Crippen LogP contribution in [0.1, 0.15) is 49.4 Å². The molecule has 0 amide bonds. The maximum Gasteiger partial charge on any atom is 0.271 e. The Morgan fingerprint density at radius 1 is 1.38 bits per heavy atom. The number of unbranched alkanes of at least 4 members (excludes halogenated alkanes) is 1. The molecule has 0 fully saturated rings. The average Bonchev–Trinajstić information content (AvgIpc) is 2.74. The largest absolute Gasteiger partial charge is 0.370 e.